The lowest BCUT2D eigenvalue weighted by atomic mass is 9.85. The van der Waals surface area contributed by atoms with Crippen LogP contribution in [0.5, 0.6) is 0 Å². The van der Waals surface area contributed by atoms with Crippen LogP contribution in [0.2, 0.25) is 0 Å². The minimum absolute atomic E-state index is 0.0205. The van der Waals surface area contributed by atoms with Crippen molar-refractivity contribution in [2.45, 2.75) is 50.0 Å². The second-order valence-electron chi connectivity index (χ2n) is 5.61. The third-order valence-electron chi connectivity index (χ3n) is 4.17. The van der Waals surface area contributed by atoms with Crippen molar-refractivity contribution in [1.82, 2.24) is 4.72 Å². The molecule has 1 fully saturated rings. The van der Waals surface area contributed by atoms with Crippen molar-refractivity contribution in [3.63, 3.8) is 0 Å². The van der Waals surface area contributed by atoms with E-state index in [2.05, 4.69) is 11.6 Å². The first-order chi connectivity index (χ1) is 9.96. The van der Waals surface area contributed by atoms with Gasteiger partial charge in [0.2, 0.25) is 10.0 Å². The van der Waals surface area contributed by atoms with Gasteiger partial charge in [0.25, 0.3) is 0 Å². The summed E-state index contributed by atoms with van der Waals surface area (Å²) in [5.74, 6) is 0.714. The Kier molecular flexibility index (Phi) is 4.86. The van der Waals surface area contributed by atoms with E-state index in [1.165, 1.54) is 18.2 Å². The van der Waals surface area contributed by atoms with E-state index in [4.69, 9.17) is 11.0 Å². The molecule has 0 saturated heterocycles. The summed E-state index contributed by atoms with van der Waals surface area (Å²) >= 11 is 0. The zero-order valence-corrected chi connectivity index (χ0v) is 13.0. The van der Waals surface area contributed by atoms with E-state index in [0.29, 0.717) is 11.5 Å². The minimum atomic E-state index is -3.62. The Bertz CT molecular complexity index is 641. The highest BCUT2D eigenvalue weighted by Gasteiger charge is 2.26. The lowest BCUT2D eigenvalue weighted by molar-refractivity contribution is 0.306. The predicted octanol–water partition coefficient (Wildman–Crippen LogP) is 2.39. The molecule has 114 valence electrons. The van der Waals surface area contributed by atoms with Gasteiger partial charge in [-0.25, -0.2) is 13.1 Å². The number of nitriles is 1. The molecule has 0 spiro atoms. The number of nitrogens with one attached hydrogen (secondary N) is 1. The minimum Gasteiger partial charge on any atom is -0.398 e. The molecule has 1 aliphatic rings. The highest BCUT2D eigenvalue weighted by molar-refractivity contribution is 7.89. The fraction of sp³-hybridized carbons (Fsp3) is 0.533. The second kappa shape index (κ2) is 6.46. The zero-order chi connectivity index (χ0) is 15.5. The average Bonchev–Trinajstić information content (AvgIpc) is 2.47. The highest BCUT2D eigenvalue weighted by Crippen LogP contribution is 2.28. The topological polar surface area (TPSA) is 96.0 Å². The lowest BCUT2D eigenvalue weighted by Crippen LogP contribution is -2.37. The van der Waals surface area contributed by atoms with Gasteiger partial charge in [-0.15, -0.1) is 0 Å². The van der Waals surface area contributed by atoms with Crippen molar-refractivity contribution in [2.24, 2.45) is 5.92 Å². The molecule has 0 unspecified atom stereocenters. The van der Waals surface area contributed by atoms with Crippen LogP contribution < -0.4 is 10.5 Å². The third kappa shape index (κ3) is 3.74. The van der Waals surface area contributed by atoms with Gasteiger partial charge in [0, 0.05) is 6.04 Å². The van der Waals surface area contributed by atoms with E-state index in [1.807, 2.05) is 6.07 Å². The molecular weight excluding hydrogens is 286 g/mol. The van der Waals surface area contributed by atoms with Crippen LogP contribution in [0, 0.1) is 17.2 Å². The van der Waals surface area contributed by atoms with Crippen molar-refractivity contribution in [2.75, 3.05) is 5.73 Å². The molecule has 0 bridgehead atoms. The van der Waals surface area contributed by atoms with Gasteiger partial charge in [0.1, 0.15) is 4.90 Å². The van der Waals surface area contributed by atoms with Crippen molar-refractivity contribution in [3.05, 3.63) is 23.8 Å². The van der Waals surface area contributed by atoms with Crippen molar-refractivity contribution >= 4 is 15.7 Å². The number of rotatable bonds is 4. The molecule has 1 aromatic rings. The third-order valence-corrected chi connectivity index (χ3v) is 5.77. The molecule has 0 radical (unpaired) electrons. The van der Waals surface area contributed by atoms with Crippen LogP contribution in [0.3, 0.4) is 0 Å². The Hall–Kier alpha value is -1.58. The quantitative estimate of drug-likeness (QED) is 0.835. The second-order valence-corrected chi connectivity index (χ2v) is 7.29. The first-order valence-electron chi connectivity index (χ1n) is 7.28. The zero-order valence-electron chi connectivity index (χ0n) is 12.2. The number of nitrogen functional groups attached to an aromatic ring is 1. The number of sulfonamides is 1. The maximum Gasteiger partial charge on any atom is 0.242 e. The first-order valence-corrected chi connectivity index (χ1v) is 8.76. The van der Waals surface area contributed by atoms with E-state index >= 15 is 0 Å². The molecule has 1 saturated carbocycles. The van der Waals surface area contributed by atoms with E-state index in [9.17, 15) is 8.42 Å². The van der Waals surface area contributed by atoms with E-state index in [0.717, 1.165) is 32.1 Å². The van der Waals surface area contributed by atoms with Gasteiger partial charge in [-0.3, -0.25) is 0 Å². The number of benzene rings is 1. The number of hydrogen-bond acceptors (Lipinski definition) is 4. The van der Waals surface area contributed by atoms with Crippen LogP contribution in [-0.4, -0.2) is 14.5 Å². The molecule has 3 N–H and O–H groups in total. The van der Waals surface area contributed by atoms with Gasteiger partial charge >= 0.3 is 0 Å². The van der Waals surface area contributed by atoms with Crippen LogP contribution in [-0.2, 0) is 10.0 Å². The summed E-state index contributed by atoms with van der Waals surface area (Å²) in [5.41, 5.74) is 6.23. The smallest absolute Gasteiger partial charge is 0.242 e. The molecule has 21 heavy (non-hydrogen) atoms. The largest absolute Gasteiger partial charge is 0.398 e. The van der Waals surface area contributed by atoms with Gasteiger partial charge in [-0.1, -0.05) is 13.3 Å². The predicted molar refractivity (Wildman–Crippen MR) is 81.9 cm³/mol. The van der Waals surface area contributed by atoms with E-state index in [1.54, 1.807) is 0 Å². The van der Waals surface area contributed by atoms with Gasteiger partial charge in [0.05, 0.1) is 17.3 Å². The molecule has 1 aromatic carbocycles. The Morgan fingerprint density at radius 3 is 2.52 bits per heavy atom. The van der Waals surface area contributed by atoms with Crippen LogP contribution in [0.15, 0.2) is 23.1 Å². The van der Waals surface area contributed by atoms with Crippen LogP contribution in [0.4, 0.5) is 5.69 Å². The molecule has 0 atom stereocenters. The molecule has 0 heterocycles. The monoisotopic (exact) mass is 307 g/mol. The molecule has 5 nitrogen and oxygen atoms in total. The normalized spacial score (nSPS) is 22.7. The first kappa shape index (κ1) is 15.8. The maximum atomic E-state index is 12.4. The summed E-state index contributed by atoms with van der Waals surface area (Å²) in [6, 6.07) is 6.18. The summed E-state index contributed by atoms with van der Waals surface area (Å²) in [5, 5.41) is 8.79. The molecule has 6 heteroatoms. The lowest BCUT2D eigenvalue weighted by Gasteiger charge is -2.28. The summed E-state index contributed by atoms with van der Waals surface area (Å²) in [7, 11) is -3.62. The summed E-state index contributed by atoms with van der Waals surface area (Å²) in [6.45, 7) is 2.17. The van der Waals surface area contributed by atoms with Gasteiger partial charge in [-0.05, 0) is 49.8 Å². The SMILES string of the molecule is CCC1CCC(NS(=O)(=O)c2ccc(C#N)cc2N)CC1. The molecule has 0 aliphatic heterocycles. The van der Waals surface area contributed by atoms with Crippen molar-refractivity contribution < 1.29 is 8.42 Å². The Labute approximate surface area is 126 Å². The number of nitrogens with two attached hydrogens (primary N) is 1. The maximum absolute atomic E-state index is 12.4. The van der Waals surface area contributed by atoms with Crippen molar-refractivity contribution in [1.29, 1.82) is 5.26 Å². The van der Waals surface area contributed by atoms with E-state index in [-0.39, 0.29) is 16.6 Å². The Balaban J connectivity index is 2.11. The van der Waals surface area contributed by atoms with E-state index < -0.39 is 10.0 Å². The number of nitrogens with zero attached hydrogens (tertiary/aromatic N) is 1. The van der Waals surface area contributed by atoms with Crippen LogP contribution in [0.25, 0.3) is 0 Å². The number of hydrogen-bond donors (Lipinski definition) is 2. The highest BCUT2D eigenvalue weighted by atomic mass is 32.2. The molecule has 0 amide bonds. The Morgan fingerprint density at radius 1 is 1.33 bits per heavy atom. The number of anilines is 1. The van der Waals surface area contributed by atoms with Gasteiger partial charge < -0.3 is 5.73 Å². The van der Waals surface area contributed by atoms with Gasteiger partial charge in [0.15, 0.2) is 0 Å². The average molecular weight is 307 g/mol. The fourth-order valence-electron chi connectivity index (χ4n) is 2.83. The van der Waals surface area contributed by atoms with Gasteiger partial charge in [-0.2, -0.15) is 5.26 Å². The molecule has 0 aromatic heterocycles. The van der Waals surface area contributed by atoms with Crippen molar-refractivity contribution in [3.8, 4) is 6.07 Å². The summed E-state index contributed by atoms with van der Waals surface area (Å²) in [4.78, 5) is 0.0547. The Morgan fingerprint density at radius 2 is 2.00 bits per heavy atom. The summed E-state index contributed by atoms with van der Waals surface area (Å²) in [6.07, 6.45) is 5.02. The molecule has 1 aliphatic carbocycles. The standard InChI is InChI=1S/C15H21N3O2S/c1-2-11-3-6-13(7-4-11)18-21(19,20)15-8-5-12(10-16)9-14(15)17/h5,8-9,11,13,18H,2-4,6-7,17H2,1H3. The van der Waals surface area contributed by atoms with Crippen LogP contribution >= 0.6 is 0 Å². The molecule has 2 rings (SSSR count). The summed E-state index contributed by atoms with van der Waals surface area (Å²) < 4.78 is 27.5. The van der Waals surface area contributed by atoms with Crippen LogP contribution in [0.1, 0.15) is 44.6 Å². The molecular formula is C15H21N3O2S. The fourth-order valence-corrected chi connectivity index (χ4v) is 4.25.